The highest BCUT2D eigenvalue weighted by Gasteiger charge is 2.22. The second-order valence-corrected chi connectivity index (χ2v) is 4.89. The Hall–Kier alpha value is -0.530. The van der Waals surface area contributed by atoms with Crippen LogP contribution in [-0.2, 0) is 4.79 Å². The molecule has 0 radical (unpaired) electrons. The summed E-state index contributed by atoms with van der Waals surface area (Å²) >= 11 is 0. The molecule has 2 atom stereocenters. The van der Waals surface area contributed by atoms with E-state index in [1.165, 1.54) is 32.1 Å². The number of aliphatic carboxylic acids is 1. The molecule has 0 saturated heterocycles. The van der Waals surface area contributed by atoms with Crippen LogP contribution in [0.3, 0.4) is 0 Å². The lowest BCUT2D eigenvalue weighted by Crippen LogP contribution is -2.21. The van der Waals surface area contributed by atoms with E-state index in [9.17, 15) is 4.79 Å². The van der Waals surface area contributed by atoms with Gasteiger partial charge in [-0.3, -0.25) is 4.79 Å². The number of rotatable bonds is 10. The number of carbonyl (C=O) groups is 1. The molecule has 96 valence electrons. The van der Waals surface area contributed by atoms with Gasteiger partial charge in [0.2, 0.25) is 0 Å². The number of carboxylic acid groups (broad SMARTS) is 1. The first-order chi connectivity index (χ1) is 7.63. The molecule has 0 aliphatic carbocycles. The van der Waals surface area contributed by atoms with Crippen LogP contribution in [0.25, 0.3) is 0 Å². The van der Waals surface area contributed by atoms with Crippen LogP contribution in [-0.4, -0.2) is 11.1 Å². The molecule has 2 nitrogen and oxygen atoms in total. The zero-order chi connectivity index (χ0) is 12.4. The summed E-state index contributed by atoms with van der Waals surface area (Å²) < 4.78 is 0. The minimum atomic E-state index is -0.608. The van der Waals surface area contributed by atoms with Crippen LogP contribution >= 0.6 is 0 Å². The predicted octanol–water partition coefficient (Wildman–Crippen LogP) is 4.48. The molecule has 0 aliphatic rings. The van der Waals surface area contributed by atoms with Gasteiger partial charge in [0, 0.05) is 0 Å². The fourth-order valence-electron chi connectivity index (χ4n) is 2.08. The lowest BCUT2D eigenvalue weighted by molar-refractivity contribution is -0.143. The minimum Gasteiger partial charge on any atom is -0.481 e. The summed E-state index contributed by atoms with van der Waals surface area (Å²) in [6.07, 6.45) is 9.24. The third-order valence-electron chi connectivity index (χ3n) is 3.52. The van der Waals surface area contributed by atoms with Gasteiger partial charge in [0.25, 0.3) is 0 Å². The monoisotopic (exact) mass is 228 g/mol. The summed E-state index contributed by atoms with van der Waals surface area (Å²) in [7, 11) is 0. The molecule has 1 N–H and O–H groups in total. The number of hydrogen-bond donors (Lipinski definition) is 1. The van der Waals surface area contributed by atoms with Crippen molar-refractivity contribution in [1.82, 2.24) is 0 Å². The molecule has 16 heavy (non-hydrogen) atoms. The van der Waals surface area contributed by atoms with E-state index < -0.39 is 5.97 Å². The molecular formula is C14H28O2. The maximum atomic E-state index is 11.1. The van der Waals surface area contributed by atoms with E-state index in [0.717, 1.165) is 19.3 Å². The highest BCUT2D eigenvalue weighted by atomic mass is 16.4. The van der Waals surface area contributed by atoms with Crippen LogP contribution in [0.1, 0.15) is 72.1 Å². The molecule has 0 rings (SSSR count). The zero-order valence-electron chi connectivity index (χ0n) is 11.2. The molecule has 2 heteroatoms. The van der Waals surface area contributed by atoms with Crippen molar-refractivity contribution in [1.29, 1.82) is 0 Å². The van der Waals surface area contributed by atoms with Crippen LogP contribution < -0.4 is 0 Å². The third-order valence-corrected chi connectivity index (χ3v) is 3.52. The number of unbranched alkanes of at least 4 members (excludes halogenated alkanes) is 5. The van der Waals surface area contributed by atoms with Gasteiger partial charge in [-0.15, -0.1) is 0 Å². The van der Waals surface area contributed by atoms with Crippen LogP contribution in [0, 0.1) is 11.8 Å². The van der Waals surface area contributed by atoms with E-state index in [4.69, 9.17) is 5.11 Å². The first-order valence-electron chi connectivity index (χ1n) is 6.86. The van der Waals surface area contributed by atoms with Gasteiger partial charge in [-0.1, -0.05) is 65.7 Å². The van der Waals surface area contributed by atoms with Gasteiger partial charge in [0.05, 0.1) is 5.92 Å². The van der Waals surface area contributed by atoms with Crippen LogP contribution in [0.5, 0.6) is 0 Å². The second kappa shape index (κ2) is 9.68. The molecule has 0 bridgehead atoms. The fourth-order valence-corrected chi connectivity index (χ4v) is 2.08. The first kappa shape index (κ1) is 15.5. The van der Waals surface area contributed by atoms with Crippen LogP contribution in [0.15, 0.2) is 0 Å². The average Bonchev–Trinajstić information content (AvgIpc) is 2.26. The van der Waals surface area contributed by atoms with Gasteiger partial charge in [-0.05, 0) is 12.3 Å². The Balaban J connectivity index is 3.65. The van der Waals surface area contributed by atoms with Crippen molar-refractivity contribution in [2.24, 2.45) is 11.8 Å². The Morgan fingerprint density at radius 1 is 1.06 bits per heavy atom. The molecular weight excluding hydrogens is 200 g/mol. The van der Waals surface area contributed by atoms with E-state index in [0.29, 0.717) is 5.92 Å². The quantitative estimate of drug-likeness (QED) is 0.560. The van der Waals surface area contributed by atoms with Crippen LogP contribution in [0.4, 0.5) is 0 Å². The Morgan fingerprint density at radius 3 is 2.12 bits per heavy atom. The molecule has 2 unspecified atom stereocenters. The lowest BCUT2D eigenvalue weighted by atomic mass is 9.87. The second-order valence-electron chi connectivity index (χ2n) is 4.89. The largest absolute Gasteiger partial charge is 0.481 e. The summed E-state index contributed by atoms with van der Waals surface area (Å²) in [5, 5.41) is 9.12. The smallest absolute Gasteiger partial charge is 0.306 e. The van der Waals surface area contributed by atoms with Crippen molar-refractivity contribution in [2.45, 2.75) is 72.1 Å². The van der Waals surface area contributed by atoms with E-state index >= 15 is 0 Å². The Kier molecular flexibility index (Phi) is 9.36. The van der Waals surface area contributed by atoms with Gasteiger partial charge in [-0.2, -0.15) is 0 Å². The van der Waals surface area contributed by atoms with Gasteiger partial charge in [0.1, 0.15) is 0 Å². The SMILES string of the molecule is CCCCCCCCC(C(=O)O)C(C)CC. The topological polar surface area (TPSA) is 37.3 Å². The molecule has 0 heterocycles. The molecule has 0 aromatic rings. The van der Waals surface area contributed by atoms with Crippen molar-refractivity contribution in [3.63, 3.8) is 0 Å². The van der Waals surface area contributed by atoms with E-state index in [-0.39, 0.29) is 5.92 Å². The molecule has 0 amide bonds. The number of hydrogen-bond acceptors (Lipinski definition) is 1. The van der Waals surface area contributed by atoms with E-state index in [1.54, 1.807) is 0 Å². The van der Waals surface area contributed by atoms with Gasteiger partial charge >= 0.3 is 5.97 Å². The normalized spacial score (nSPS) is 14.7. The first-order valence-corrected chi connectivity index (χ1v) is 6.86. The van der Waals surface area contributed by atoms with Gasteiger partial charge < -0.3 is 5.11 Å². The van der Waals surface area contributed by atoms with Crippen molar-refractivity contribution < 1.29 is 9.90 Å². The van der Waals surface area contributed by atoms with Gasteiger partial charge in [-0.25, -0.2) is 0 Å². The highest BCUT2D eigenvalue weighted by Crippen LogP contribution is 2.22. The highest BCUT2D eigenvalue weighted by molar-refractivity contribution is 5.70. The summed E-state index contributed by atoms with van der Waals surface area (Å²) in [4.78, 5) is 11.1. The van der Waals surface area contributed by atoms with Crippen molar-refractivity contribution in [3.05, 3.63) is 0 Å². The van der Waals surface area contributed by atoms with Gasteiger partial charge in [0.15, 0.2) is 0 Å². The molecule has 0 aliphatic heterocycles. The number of carboxylic acids is 1. The molecule has 0 saturated carbocycles. The summed E-state index contributed by atoms with van der Waals surface area (Å²) in [5.74, 6) is -0.424. The summed E-state index contributed by atoms with van der Waals surface area (Å²) in [6.45, 7) is 6.33. The minimum absolute atomic E-state index is 0.129. The summed E-state index contributed by atoms with van der Waals surface area (Å²) in [6, 6.07) is 0. The molecule has 0 aromatic heterocycles. The molecule has 0 spiro atoms. The lowest BCUT2D eigenvalue weighted by Gasteiger charge is -2.18. The molecule has 0 fully saturated rings. The third kappa shape index (κ3) is 6.86. The van der Waals surface area contributed by atoms with Crippen LogP contribution in [0.2, 0.25) is 0 Å². The van der Waals surface area contributed by atoms with Crippen molar-refractivity contribution >= 4 is 5.97 Å². The maximum Gasteiger partial charge on any atom is 0.306 e. The Morgan fingerprint density at radius 2 is 1.62 bits per heavy atom. The average molecular weight is 228 g/mol. The Labute approximate surface area is 100 Å². The Bertz CT molecular complexity index is 178. The summed E-state index contributed by atoms with van der Waals surface area (Å²) in [5.41, 5.74) is 0. The fraction of sp³-hybridized carbons (Fsp3) is 0.929. The van der Waals surface area contributed by atoms with E-state index in [1.807, 2.05) is 0 Å². The van der Waals surface area contributed by atoms with E-state index in [2.05, 4.69) is 20.8 Å². The zero-order valence-corrected chi connectivity index (χ0v) is 11.2. The predicted molar refractivity (Wildman–Crippen MR) is 68.6 cm³/mol. The molecule has 0 aromatic carbocycles. The van der Waals surface area contributed by atoms with Crippen molar-refractivity contribution in [2.75, 3.05) is 0 Å². The standard InChI is InChI=1S/C14H28O2/c1-4-6-7-8-9-10-11-13(14(15)16)12(3)5-2/h12-13H,4-11H2,1-3H3,(H,15,16). The van der Waals surface area contributed by atoms with Crippen molar-refractivity contribution in [3.8, 4) is 0 Å². The maximum absolute atomic E-state index is 11.1.